The molecular formula is C32H29BrN4O5. The third-order valence-electron chi connectivity index (χ3n) is 7.77. The number of nitrogens with zero attached hydrogens (tertiary/aromatic N) is 1. The van der Waals surface area contributed by atoms with Crippen molar-refractivity contribution in [3.63, 3.8) is 0 Å². The minimum absolute atomic E-state index is 0.00764. The average molecular weight is 630 g/mol. The van der Waals surface area contributed by atoms with Gasteiger partial charge in [0.25, 0.3) is 5.91 Å². The highest BCUT2D eigenvalue weighted by atomic mass is 79.9. The smallest absolute Gasteiger partial charge is 0.309 e. The van der Waals surface area contributed by atoms with Crippen molar-refractivity contribution < 1.29 is 24.2 Å². The first-order valence-electron chi connectivity index (χ1n) is 13.8. The van der Waals surface area contributed by atoms with Crippen LogP contribution in [0.15, 0.2) is 76.4 Å². The Labute approximate surface area is 250 Å². The zero-order valence-electron chi connectivity index (χ0n) is 22.8. The van der Waals surface area contributed by atoms with Gasteiger partial charge in [-0.15, -0.1) is 0 Å². The number of benzene rings is 3. The van der Waals surface area contributed by atoms with Gasteiger partial charge in [-0.3, -0.25) is 14.4 Å². The normalized spacial score (nSPS) is 21.4. The lowest BCUT2D eigenvalue weighted by molar-refractivity contribution is -0.144. The number of rotatable bonds is 6. The summed E-state index contributed by atoms with van der Waals surface area (Å²) in [6, 6.07) is 18.7. The summed E-state index contributed by atoms with van der Waals surface area (Å²) in [7, 11) is 0. The largest absolute Gasteiger partial charge is 0.508 e. The van der Waals surface area contributed by atoms with E-state index in [1.165, 1.54) is 0 Å². The van der Waals surface area contributed by atoms with Crippen molar-refractivity contribution in [1.82, 2.24) is 10.4 Å². The van der Waals surface area contributed by atoms with Gasteiger partial charge < -0.3 is 20.1 Å². The number of halogens is 1. The fraction of sp³-hybridized carbons (Fsp3) is 0.250. The summed E-state index contributed by atoms with van der Waals surface area (Å²) >= 11 is 3.48. The molecular weight excluding hydrogens is 600 g/mol. The predicted octanol–water partition coefficient (Wildman–Crippen LogP) is 5.81. The number of H-pyrrole nitrogens is 1. The van der Waals surface area contributed by atoms with E-state index in [4.69, 9.17) is 4.74 Å². The second-order valence-electron chi connectivity index (χ2n) is 10.7. The first-order valence-corrected chi connectivity index (χ1v) is 14.6. The molecule has 42 heavy (non-hydrogen) atoms. The van der Waals surface area contributed by atoms with Crippen molar-refractivity contribution in [1.29, 1.82) is 0 Å². The van der Waals surface area contributed by atoms with Gasteiger partial charge in [-0.05, 0) is 79.1 Å². The summed E-state index contributed by atoms with van der Waals surface area (Å²) in [6.45, 7) is 2.24. The molecule has 3 aromatic carbocycles. The Bertz CT molecular complexity index is 1730. The lowest BCUT2D eigenvalue weighted by Crippen LogP contribution is -2.18. The number of phenolic OH excluding ortho intramolecular Hbond substituents is 1. The monoisotopic (exact) mass is 628 g/mol. The zero-order chi connectivity index (χ0) is 29.4. The third-order valence-corrected chi connectivity index (χ3v) is 8.27. The highest BCUT2D eigenvalue weighted by molar-refractivity contribution is 9.10. The molecule has 2 heterocycles. The predicted molar refractivity (Wildman–Crippen MR) is 163 cm³/mol. The number of esters is 1. The first kappa shape index (κ1) is 27.7. The fourth-order valence-corrected chi connectivity index (χ4v) is 5.94. The van der Waals surface area contributed by atoms with Crippen molar-refractivity contribution in [2.24, 2.45) is 16.9 Å². The van der Waals surface area contributed by atoms with Gasteiger partial charge in [0.05, 0.1) is 24.3 Å². The maximum absolute atomic E-state index is 12.7. The number of carbonyl (C=O) groups excluding carboxylic acids is 3. The highest BCUT2D eigenvalue weighted by Crippen LogP contribution is 2.49. The Kier molecular flexibility index (Phi) is 7.55. The second-order valence-corrected chi connectivity index (χ2v) is 11.6. The van der Waals surface area contributed by atoms with Crippen molar-refractivity contribution >= 4 is 56.5 Å². The molecule has 0 bridgehead atoms. The number of nitrogens with one attached hydrogen (secondary N) is 3. The number of phenols is 1. The van der Waals surface area contributed by atoms with Gasteiger partial charge in [-0.2, -0.15) is 5.10 Å². The second kappa shape index (κ2) is 11.4. The molecule has 2 saturated carbocycles. The molecule has 4 aromatic rings. The SMILES string of the molecule is CCOC(=O)C1CC1c1cccc(O)c1.O=C1NN=Cc2c[nH]c3cc(NC(=O)C4CC4c4cccc(Br)c4)cc1c23. The van der Waals surface area contributed by atoms with Crippen molar-refractivity contribution in [2.75, 3.05) is 11.9 Å². The Hall–Kier alpha value is -4.44. The van der Waals surface area contributed by atoms with E-state index in [9.17, 15) is 19.5 Å². The summed E-state index contributed by atoms with van der Waals surface area (Å²) in [5.41, 5.74) is 7.41. The van der Waals surface area contributed by atoms with Crippen LogP contribution in [0, 0.1) is 11.8 Å². The fourth-order valence-electron chi connectivity index (χ4n) is 5.52. The van der Waals surface area contributed by atoms with E-state index < -0.39 is 0 Å². The van der Waals surface area contributed by atoms with Crippen LogP contribution in [0.1, 0.15) is 58.6 Å². The van der Waals surface area contributed by atoms with E-state index in [1.54, 1.807) is 36.7 Å². The van der Waals surface area contributed by atoms with E-state index in [0.29, 0.717) is 17.9 Å². The number of aromatic nitrogens is 1. The van der Waals surface area contributed by atoms with E-state index in [-0.39, 0.29) is 47.2 Å². The Balaban J connectivity index is 0.000000179. The minimum Gasteiger partial charge on any atom is -0.508 e. The number of carbonyl (C=O) groups is 3. The van der Waals surface area contributed by atoms with Gasteiger partial charge in [-0.25, -0.2) is 5.43 Å². The molecule has 0 saturated heterocycles. The molecule has 0 spiro atoms. The lowest BCUT2D eigenvalue weighted by atomic mass is 10.0. The van der Waals surface area contributed by atoms with Crippen LogP contribution in [0.5, 0.6) is 5.75 Å². The number of aromatic hydroxyl groups is 1. The summed E-state index contributed by atoms with van der Waals surface area (Å²) in [6.07, 6.45) is 5.08. The van der Waals surface area contributed by atoms with Gasteiger partial charge in [0, 0.05) is 38.7 Å². The highest BCUT2D eigenvalue weighted by Gasteiger charge is 2.45. The number of amides is 2. The van der Waals surface area contributed by atoms with Gasteiger partial charge >= 0.3 is 5.97 Å². The third kappa shape index (κ3) is 5.80. The van der Waals surface area contributed by atoms with Crippen LogP contribution in [0.25, 0.3) is 10.9 Å². The van der Waals surface area contributed by atoms with E-state index in [1.807, 2.05) is 37.3 Å². The topological polar surface area (TPSA) is 133 Å². The zero-order valence-corrected chi connectivity index (χ0v) is 24.4. The van der Waals surface area contributed by atoms with Crippen molar-refractivity contribution in [2.45, 2.75) is 31.6 Å². The molecule has 7 rings (SSSR count). The number of hydrogen-bond acceptors (Lipinski definition) is 6. The van der Waals surface area contributed by atoms with Crippen LogP contribution in [0.4, 0.5) is 5.69 Å². The lowest BCUT2D eigenvalue weighted by Gasteiger charge is -2.09. The van der Waals surface area contributed by atoms with Gasteiger partial charge in [0.2, 0.25) is 5.91 Å². The number of ether oxygens (including phenoxy) is 1. The van der Waals surface area contributed by atoms with E-state index >= 15 is 0 Å². The maximum atomic E-state index is 12.7. The summed E-state index contributed by atoms with van der Waals surface area (Å²) in [5, 5.41) is 17.0. The van der Waals surface area contributed by atoms with Crippen molar-refractivity contribution in [3.05, 3.63) is 93.6 Å². The molecule has 4 atom stereocenters. The average Bonchev–Trinajstić information content (AvgIpc) is 3.89. The molecule has 0 radical (unpaired) electrons. The Morgan fingerprint density at radius 1 is 1.05 bits per heavy atom. The molecule has 10 heteroatoms. The van der Waals surface area contributed by atoms with Crippen LogP contribution in [-0.4, -0.2) is 40.7 Å². The molecule has 2 fully saturated rings. The van der Waals surface area contributed by atoms with Crippen LogP contribution in [0.3, 0.4) is 0 Å². The number of hydrogen-bond donors (Lipinski definition) is 4. The quantitative estimate of drug-likeness (QED) is 0.200. The van der Waals surface area contributed by atoms with Crippen LogP contribution in [-0.2, 0) is 14.3 Å². The van der Waals surface area contributed by atoms with Gasteiger partial charge in [-0.1, -0.05) is 40.2 Å². The molecule has 2 aliphatic carbocycles. The molecule has 1 aliphatic heterocycles. The molecule has 4 N–H and O–H groups in total. The standard InChI is InChI=1S/C20H15BrN4O2.C12H14O3/c21-12-3-1-2-10(4-12)14-7-15(14)19(26)24-13-5-16-18-11(8-22-17(18)6-13)9-23-25-20(16)27;1-2-15-12(14)11-7-10(11)8-4-3-5-9(13)6-8/h1-6,8-9,14-15,22H,7H2,(H,24,26)(H,25,27);3-6,10-11,13H,2,7H2,1H3. The van der Waals surface area contributed by atoms with Gasteiger partial charge in [0.1, 0.15) is 5.75 Å². The first-order chi connectivity index (χ1) is 20.3. The molecule has 2 amide bonds. The molecule has 1 aromatic heterocycles. The summed E-state index contributed by atoms with van der Waals surface area (Å²) in [4.78, 5) is 39.5. The molecule has 4 unspecified atom stereocenters. The molecule has 214 valence electrons. The van der Waals surface area contributed by atoms with Crippen LogP contribution >= 0.6 is 15.9 Å². The maximum Gasteiger partial charge on any atom is 0.309 e. The van der Waals surface area contributed by atoms with Gasteiger partial charge in [0.15, 0.2) is 0 Å². The number of anilines is 1. The summed E-state index contributed by atoms with van der Waals surface area (Å²) < 4.78 is 5.96. The van der Waals surface area contributed by atoms with E-state index in [2.05, 4.69) is 42.8 Å². The number of aromatic amines is 1. The van der Waals surface area contributed by atoms with E-state index in [0.717, 1.165) is 44.9 Å². The molecule has 3 aliphatic rings. The van der Waals surface area contributed by atoms with Crippen molar-refractivity contribution in [3.8, 4) is 5.75 Å². The summed E-state index contributed by atoms with van der Waals surface area (Å²) in [5.74, 6) is 0.232. The van der Waals surface area contributed by atoms with Crippen LogP contribution in [0.2, 0.25) is 0 Å². The number of hydrazone groups is 1. The Morgan fingerprint density at radius 2 is 1.79 bits per heavy atom. The van der Waals surface area contributed by atoms with Crippen LogP contribution < -0.4 is 10.7 Å². The minimum atomic E-state index is -0.288. The Morgan fingerprint density at radius 3 is 2.55 bits per heavy atom. The molecule has 9 nitrogen and oxygen atoms in total.